The third kappa shape index (κ3) is 12.7. The average molecular weight is 857 g/mol. The van der Waals surface area contributed by atoms with E-state index in [2.05, 4.69) is 31.4 Å². The zero-order chi connectivity index (χ0) is 45.1. The van der Waals surface area contributed by atoms with Gasteiger partial charge >= 0.3 is 18.0 Å². The maximum Gasteiger partial charge on any atom is 0.408 e. The van der Waals surface area contributed by atoms with E-state index in [0.29, 0.717) is 0 Å². The molecule has 1 atom stereocenters. The smallest absolute Gasteiger partial charge is 0.408 e. The van der Waals surface area contributed by atoms with E-state index in [1.807, 2.05) is 0 Å². The van der Waals surface area contributed by atoms with Gasteiger partial charge in [0.15, 0.2) is 29.2 Å². The molecule has 0 spiro atoms. The van der Waals surface area contributed by atoms with Crippen LogP contribution >= 0.6 is 11.6 Å². The van der Waals surface area contributed by atoms with Gasteiger partial charge in [0.05, 0.1) is 47.2 Å². The minimum atomic E-state index is -1.43. The molecule has 322 valence electrons. The molecular formula is C39H47ClN7O13+. The topological polar surface area (TPSA) is 301 Å². The number of nitrogens with zero attached hydrogens (tertiary/aromatic N) is 1. The maximum absolute atomic E-state index is 13.5. The number of hydrazone groups is 1. The molecule has 0 saturated heterocycles. The number of carboxylic acid groups (broad SMARTS) is 1. The predicted octanol–water partition coefficient (Wildman–Crippen LogP) is 3.21. The van der Waals surface area contributed by atoms with Crippen molar-refractivity contribution in [2.45, 2.75) is 59.6 Å². The molecule has 0 bridgehead atoms. The summed E-state index contributed by atoms with van der Waals surface area (Å²) in [5, 5.41) is 44.1. The summed E-state index contributed by atoms with van der Waals surface area (Å²) >= 11 is 6.47. The van der Waals surface area contributed by atoms with Crippen LogP contribution in [0.15, 0.2) is 47.6 Å². The van der Waals surface area contributed by atoms with Crippen molar-refractivity contribution >= 4 is 76.3 Å². The Bertz CT molecular complexity index is 2210. The van der Waals surface area contributed by atoms with Gasteiger partial charge in [-0.05, 0) is 84.0 Å². The van der Waals surface area contributed by atoms with Crippen LogP contribution in [0.2, 0.25) is 5.02 Å². The van der Waals surface area contributed by atoms with Crippen LogP contribution in [0.1, 0.15) is 79.0 Å². The van der Waals surface area contributed by atoms with Gasteiger partial charge in [-0.2, -0.15) is 5.10 Å². The summed E-state index contributed by atoms with van der Waals surface area (Å²) in [6.45, 7) is 9.74. The van der Waals surface area contributed by atoms with Crippen LogP contribution in [-0.2, 0) is 19.1 Å². The van der Waals surface area contributed by atoms with Crippen molar-refractivity contribution in [2.24, 2.45) is 16.4 Å². The average Bonchev–Trinajstić information content (AvgIpc) is 3.14. The molecule has 0 radical (unpaired) electrons. The standard InChI is InChI=1S/C39H46ClN7O13/c1-38(2,3)36(55)59-18-42-17-20(47-41)16-27(46-37(56)60-39(4,5)6)34(52)43-19-9-10-21(24(40)15-19)32(50)44-25-13-11-22(28(48)30(25)57-7)33(51)45-26-14-12-23(35(53)54)29(49)31(26)58-8/h9-15,17,27,48-49H,16,18,41H2,1-8H3,(H,43,52)(H,44,50)(H,45,51)(H,46,56)(H,53,54)/p+1/b42-17+,47-20-/t27-/m0/s1. The number of anilines is 3. The Morgan fingerprint density at radius 1 is 0.833 bits per heavy atom. The molecule has 0 aliphatic rings. The van der Waals surface area contributed by atoms with Crippen LogP contribution in [0.4, 0.5) is 21.9 Å². The van der Waals surface area contributed by atoms with Crippen LogP contribution in [-0.4, -0.2) is 95.6 Å². The van der Waals surface area contributed by atoms with Gasteiger partial charge in [0.2, 0.25) is 5.91 Å². The number of carbonyl (C=O) groups excluding carboxylic acids is 5. The fourth-order valence-electron chi connectivity index (χ4n) is 4.99. The number of carboxylic acids is 1. The number of rotatable bonds is 15. The number of carbonyl (C=O) groups is 6. The fraction of sp³-hybridized carbons (Fsp3) is 0.333. The Morgan fingerprint density at radius 2 is 1.37 bits per heavy atom. The minimum Gasteiger partial charge on any atom is -0.504 e. The number of aromatic carboxylic acids is 1. The Kier molecular flexibility index (Phi) is 15.8. The van der Waals surface area contributed by atoms with Crippen molar-refractivity contribution in [3.63, 3.8) is 0 Å². The molecule has 3 rings (SSSR count). The van der Waals surface area contributed by atoms with Crippen LogP contribution in [0.25, 0.3) is 0 Å². The highest BCUT2D eigenvalue weighted by Crippen LogP contribution is 2.40. The first-order chi connectivity index (χ1) is 28.0. The van der Waals surface area contributed by atoms with Gasteiger partial charge in [0.1, 0.15) is 22.9 Å². The van der Waals surface area contributed by atoms with Gasteiger partial charge in [-0.25, -0.2) is 14.6 Å². The van der Waals surface area contributed by atoms with Gasteiger partial charge in [-0.1, -0.05) is 11.6 Å². The van der Waals surface area contributed by atoms with E-state index in [9.17, 15) is 44.1 Å². The molecule has 3 aromatic carbocycles. The number of alkyl carbamates (subject to hydrolysis) is 1. The Morgan fingerprint density at radius 3 is 1.87 bits per heavy atom. The van der Waals surface area contributed by atoms with Gasteiger partial charge in [0, 0.05) is 12.1 Å². The van der Waals surface area contributed by atoms with Crippen molar-refractivity contribution < 1.29 is 68.0 Å². The molecule has 0 aromatic heterocycles. The molecule has 10 N–H and O–H groups in total. The van der Waals surface area contributed by atoms with Gasteiger partial charge in [-0.3, -0.25) is 19.2 Å². The first-order valence-corrected chi connectivity index (χ1v) is 18.1. The lowest BCUT2D eigenvalue weighted by Gasteiger charge is -2.23. The van der Waals surface area contributed by atoms with E-state index >= 15 is 0 Å². The number of aromatic hydroxyl groups is 2. The largest absolute Gasteiger partial charge is 0.504 e. The van der Waals surface area contributed by atoms with Crippen LogP contribution < -0.4 is 41.6 Å². The molecule has 20 nitrogen and oxygen atoms in total. The number of halogens is 1. The van der Waals surface area contributed by atoms with Crippen molar-refractivity contribution in [3.05, 3.63) is 64.2 Å². The lowest BCUT2D eigenvalue weighted by Crippen LogP contribution is -2.71. The fourth-order valence-corrected chi connectivity index (χ4v) is 5.26. The van der Waals surface area contributed by atoms with Crippen molar-refractivity contribution in [1.82, 2.24) is 5.32 Å². The van der Waals surface area contributed by atoms with Crippen LogP contribution in [0.3, 0.4) is 0 Å². The molecule has 0 heterocycles. The first kappa shape index (κ1) is 47.3. The SMILES string of the molecule is COc1c(NC(=O)c2ccc(NC(=O)c3ccc(NC(=O)[C@H](CC(/C=[NH+]/COC(=O)C(C)(C)C)=N/N)NC(=O)OC(C)(C)C)cc3Cl)c(OC)c2O)ccc(C(=O)O)c1O. The number of hydrogen-bond acceptors (Lipinski definition) is 14. The first-order valence-electron chi connectivity index (χ1n) is 17.8. The lowest BCUT2D eigenvalue weighted by atomic mass is 9.98. The Hall–Kier alpha value is -7.09. The molecule has 0 unspecified atom stereocenters. The molecule has 60 heavy (non-hydrogen) atoms. The molecule has 0 fully saturated rings. The van der Waals surface area contributed by atoms with Gasteiger partial charge in [-0.15, -0.1) is 0 Å². The second kappa shape index (κ2) is 20.1. The number of nitrogens with two attached hydrogens (primary N) is 1. The van der Waals surface area contributed by atoms with Crippen molar-refractivity contribution in [1.29, 1.82) is 0 Å². The third-order valence-electron chi connectivity index (χ3n) is 7.88. The number of hydrogen-bond donors (Lipinski definition) is 9. The molecule has 0 saturated carbocycles. The number of methoxy groups -OCH3 is 2. The number of nitrogens with one attached hydrogen (secondary N) is 5. The van der Waals surface area contributed by atoms with Gasteiger partial charge in [0.25, 0.3) is 18.5 Å². The zero-order valence-electron chi connectivity index (χ0n) is 33.9. The van der Waals surface area contributed by atoms with E-state index in [-0.39, 0.29) is 63.6 Å². The summed E-state index contributed by atoms with van der Waals surface area (Å²) < 4.78 is 20.8. The molecular weight excluding hydrogens is 810 g/mol. The number of ether oxygens (including phenoxy) is 4. The highest BCUT2D eigenvalue weighted by atomic mass is 35.5. The van der Waals surface area contributed by atoms with Gasteiger partial charge < -0.3 is 61.4 Å². The predicted molar refractivity (Wildman–Crippen MR) is 219 cm³/mol. The number of phenols is 2. The van der Waals surface area contributed by atoms with Crippen LogP contribution in [0.5, 0.6) is 23.0 Å². The van der Waals surface area contributed by atoms with Crippen molar-refractivity contribution in [3.8, 4) is 23.0 Å². The van der Waals surface area contributed by atoms with E-state index < -0.39 is 69.9 Å². The van der Waals surface area contributed by atoms with Crippen LogP contribution in [0, 0.1) is 5.41 Å². The maximum atomic E-state index is 13.5. The second-order valence-corrected chi connectivity index (χ2v) is 15.1. The molecule has 0 aliphatic carbocycles. The van der Waals surface area contributed by atoms with E-state index in [1.54, 1.807) is 41.5 Å². The summed E-state index contributed by atoms with van der Waals surface area (Å²) in [4.78, 5) is 78.9. The van der Waals surface area contributed by atoms with E-state index in [4.69, 9.17) is 36.4 Å². The second-order valence-electron chi connectivity index (χ2n) is 14.7. The quantitative estimate of drug-likeness (QED) is 0.0349. The number of esters is 1. The molecule has 3 aromatic rings. The summed E-state index contributed by atoms with van der Waals surface area (Å²) in [5.41, 5.74) is -2.48. The normalized spacial score (nSPS) is 12.2. The van der Waals surface area contributed by atoms with Crippen molar-refractivity contribution in [2.75, 3.05) is 36.9 Å². The number of benzene rings is 3. The highest BCUT2D eigenvalue weighted by Gasteiger charge is 2.28. The third-order valence-corrected chi connectivity index (χ3v) is 8.19. The van der Waals surface area contributed by atoms with E-state index in [1.165, 1.54) is 49.7 Å². The Labute approximate surface area is 349 Å². The lowest BCUT2D eigenvalue weighted by molar-refractivity contribution is -0.495. The minimum absolute atomic E-state index is 0.0712. The highest BCUT2D eigenvalue weighted by molar-refractivity contribution is 6.35. The number of amides is 4. The monoisotopic (exact) mass is 856 g/mol. The zero-order valence-corrected chi connectivity index (χ0v) is 34.7. The summed E-state index contributed by atoms with van der Waals surface area (Å²) in [6, 6.07) is 7.27. The summed E-state index contributed by atoms with van der Waals surface area (Å²) in [6.07, 6.45) is 0.143. The molecule has 0 aliphatic heterocycles. The number of phenolic OH excluding ortho intramolecular Hbond substituents is 1. The summed E-state index contributed by atoms with van der Waals surface area (Å²) in [5.74, 6) is -0.853. The molecule has 4 amide bonds. The van der Waals surface area contributed by atoms with E-state index in [0.717, 1.165) is 13.2 Å². The summed E-state index contributed by atoms with van der Waals surface area (Å²) in [7, 11) is 2.33. The Balaban J connectivity index is 1.79. The molecule has 21 heteroatoms.